The first kappa shape index (κ1) is 13.5. The van der Waals surface area contributed by atoms with Crippen LogP contribution in [0.2, 0.25) is 0 Å². The molecule has 0 fully saturated rings. The Balaban J connectivity index is 1.72. The van der Waals surface area contributed by atoms with Gasteiger partial charge in [0.2, 0.25) is 0 Å². The zero-order valence-corrected chi connectivity index (χ0v) is 14.2. The SMILES string of the molecule is c1ccc2c(c1)oc1c2ccc2c3ccc4c5ccccc5oc4c3[nH]c21. The highest BCUT2D eigenvalue weighted by molar-refractivity contribution is 6.25. The molecule has 3 nitrogen and oxygen atoms in total. The fourth-order valence-electron chi connectivity index (χ4n) is 4.40. The first-order valence-corrected chi connectivity index (χ1v) is 9.04. The predicted molar refractivity (Wildman–Crippen MR) is 110 cm³/mol. The van der Waals surface area contributed by atoms with Gasteiger partial charge in [0.05, 0.1) is 11.0 Å². The van der Waals surface area contributed by atoms with Crippen LogP contribution in [-0.4, -0.2) is 4.98 Å². The van der Waals surface area contributed by atoms with E-state index in [2.05, 4.69) is 41.4 Å². The Kier molecular flexibility index (Phi) is 2.25. The molecular formula is C24H13NO2. The molecule has 0 aliphatic rings. The molecule has 3 aromatic heterocycles. The van der Waals surface area contributed by atoms with Gasteiger partial charge in [0.25, 0.3) is 0 Å². The lowest BCUT2D eigenvalue weighted by Gasteiger charge is -1.93. The van der Waals surface area contributed by atoms with Crippen molar-refractivity contribution < 1.29 is 8.83 Å². The molecule has 3 heteroatoms. The third-order valence-corrected chi connectivity index (χ3v) is 5.63. The number of hydrogen-bond acceptors (Lipinski definition) is 2. The van der Waals surface area contributed by atoms with Crippen molar-refractivity contribution >= 4 is 65.7 Å². The van der Waals surface area contributed by atoms with E-state index < -0.39 is 0 Å². The Bertz CT molecular complexity index is 1550. The maximum absolute atomic E-state index is 6.20. The van der Waals surface area contributed by atoms with E-state index in [1.54, 1.807) is 0 Å². The number of aromatic nitrogens is 1. The van der Waals surface area contributed by atoms with Crippen molar-refractivity contribution in [3.05, 3.63) is 72.8 Å². The van der Waals surface area contributed by atoms with Crippen LogP contribution in [0.4, 0.5) is 0 Å². The normalized spacial score (nSPS) is 12.4. The Morgan fingerprint density at radius 2 is 0.889 bits per heavy atom. The fraction of sp³-hybridized carbons (Fsp3) is 0. The van der Waals surface area contributed by atoms with Gasteiger partial charge in [-0.25, -0.2) is 0 Å². The van der Waals surface area contributed by atoms with Gasteiger partial charge in [0.1, 0.15) is 11.2 Å². The second-order valence-corrected chi connectivity index (χ2v) is 7.05. The third-order valence-electron chi connectivity index (χ3n) is 5.63. The van der Waals surface area contributed by atoms with Gasteiger partial charge < -0.3 is 13.8 Å². The molecule has 0 aliphatic carbocycles. The molecular weight excluding hydrogens is 334 g/mol. The highest BCUT2D eigenvalue weighted by atomic mass is 16.3. The molecule has 0 atom stereocenters. The van der Waals surface area contributed by atoms with Crippen molar-refractivity contribution in [1.82, 2.24) is 4.98 Å². The Hall–Kier alpha value is -3.72. The van der Waals surface area contributed by atoms with Crippen LogP contribution in [0.15, 0.2) is 81.6 Å². The van der Waals surface area contributed by atoms with Gasteiger partial charge in [-0.1, -0.05) is 48.5 Å². The van der Waals surface area contributed by atoms with Crippen molar-refractivity contribution in [3.63, 3.8) is 0 Å². The number of furan rings is 2. The summed E-state index contributed by atoms with van der Waals surface area (Å²) in [5.74, 6) is 0. The number of benzene rings is 4. The highest BCUT2D eigenvalue weighted by Gasteiger charge is 2.17. The molecule has 7 rings (SSSR count). The molecule has 0 bridgehead atoms. The lowest BCUT2D eigenvalue weighted by molar-refractivity contribution is 0.671. The summed E-state index contributed by atoms with van der Waals surface area (Å²) in [5, 5.41) is 6.85. The lowest BCUT2D eigenvalue weighted by atomic mass is 10.1. The molecule has 0 unspecified atom stereocenters. The summed E-state index contributed by atoms with van der Waals surface area (Å²) in [4.78, 5) is 3.60. The minimum atomic E-state index is 0.897. The molecule has 0 saturated heterocycles. The van der Waals surface area contributed by atoms with Crippen LogP contribution in [0.1, 0.15) is 0 Å². The number of hydrogen-bond donors (Lipinski definition) is 1. The van der Waals surface area contributed by atoms with E-state index in [-0.39, 0.29) is 0 Å². The molecule has 7 aromatic rings. The van der Waals surface area contributed by atoms with Crippen molar-refractivity contribution in [1.29, 1.82) is 0 Å². The smallest absolute Gasteiger partial charge is 0.159 e. The fourth-order valence-corrected chi connectivity index (χ4v) is 4.40. The molecule has 0 spiro atoms. The van der Waals surface area contributed by atoms with Crippen LogP contribution in [0.5, 0.6) is 0 Å². The van der Waals surface area contributed by atoms with E-state index >= 15 is 0 Å². The lowest BCUT2D eigenvalue weighted by Crippen LogP contribution is -1.70. The van der Waals surface area contributed by atoms with Gasteiger partial charge in [-0.05, 0) is 24.3 Å². The first-order chi connectivity index (χ1) is 13.4. The molecule has 0 amide bonds. The third kappa shape index (κ3) is 1.57. The highest BCUT2D eigenvalue weighted by Crippen LogP contribution is 2.40. The number of aromatic amines is 1. The second kappa shape index (κ2) is 4.51. The summed E-state index contributed by atoms with van der Waals surface area (Å²) in [5.41, 5.74) is 5.65. The van der Waals surface area contributed by atoms with Crippen LogP contribution in [-0.2, 0) is 0 Å². The van der Waals surface area contributed by atoms with Gasteiger partial charge in [0, 0.05) is 32.3 Å². The van der Waals surface area contributed by atoms with Crippen LogP contribution < -0.4 is 0 Å². The topological polar surface area (TPSA) is 42.1 Å². The van der Waals surface area contributed by atoms with E-state index in [0.29, 0.717) is 0 Å². The standard InChI is InChI=1S/C24H13NO2/c1-3-7-19-13(5-1)17-11-9-15-16-10-12-18-14-6-2-4-8-20(14)27-24(18)22(16)25-21(15)23(17)26-19/h1-12,25H. The van der Waals surface area contributed by atoms with Crippen LogP contribution in [0.3, 0.4) is 0 Å². The van der Waals surface area contributed by atoms with Crippen molar-refractivity contribution in [3.8, 4) is 0 Å². The summed E-state index contributed by atoms with van der Waals surface area (Å²) in [7, 11) is 0. The van der Waals surface area contributed by atoms with Gasteiger partial charge >= 0.3 is 0 Å². The first-order valence-electron chi connectivity index (χ1n) is 9.04. The predicted octanol–water partition coefficient (Wildman–Crippen LogP) is 7.12. The Morgan fingerprint density at radius 3 is 1.41 bits per heavy atom. The maximum Gasteiger partial charge on any atom is 0.159 e. The minimum absolute atomic E-state index is 0.897. The number of rotatable bonds is 0. The minimum Gasteiger partial charge on any atom is -0.454 e. The second-order valence-electron chi connectivity index (χ2n) is 7.05. The largest absolute Gasteiger partial charge is 0.454 e. The Morgan fingerprint density at radius 1 is 0.444 bits per heavy atom. The molecule has 3 heterocycles. The zero-order chi connectivity index (χ0) is 17.5. The summed E-state index contributed by atoms with van der Waals surface area (Å²) < 4.78 is 12.4. The van der Waals surface area contributed by atoms with E-state index in [1.165, 1.54) is 0 Å². The van der Waals surface area contributed by atoms with E-state index in [0.717, 1.165) is 65.7 Å². The monoisotopic (exact) mass is 347 g/mol. The van der Waals surface area contributed by atoms with Gasteiger partial charge in [-0.2, -0.15) is 0 Å². The molecule has 0 saturated carbocycles. The van der Waals surface area contributed by atoms with Gasteiger partial charge in [0.15, 0.2) is 11.2 Å². The molecule has 0 aliphatic heterocycles. The summed E-state index contributed by atoms with van der Waals surface area (Å²) in [6.07, 6.45) is 0. The van der Waals surface area contributed by atoms with Gasteiger partial charge in [-0.15, -0.1) is 0 Å². The molecule has 1 N–H and O–H groups in total. The van der Waals surface area contributed by atoms with Crippen molar-refractivity contribution in [2.24, 2.45) is 0 Å². The molecule has 4 aromatic carbocycles. The van der Waals surface area contributed by atoms with Crippen LogP contribution in [0, 0.1) is 0 Å². The summed E-state index contributed by atoms with van der Waals surface area (Å²) >= 11 is 0. The number of nitrogens with one attached hydrogen (secondary N) is 1. The number of H-pyrrole nitrogens is 1. The zero-order valence-electron chi connectivity index (χ0n) is 14.2. The number of fused-ring (bicyclic) bond motifs is 11. The summed E-state index contributed by atoms with van der Waals surface area (Å²) in [6.45, 7) is 0. The van der Waals surface area contributed by atoms with Crippen molar-refractivity contribution in [2.75, 3.05) is 0 Å². The molecule has 27 heavy (non-hydrogen) atoms. The molecule has 0 radical (unpaired) electrons. The summed E-state index contributed by atoms with van der Waals surface area (Å²) in [6, 6.07) is 25.0. The van der Waals surface area contributed by atoms with Crippen molar-refractivity contribution in [2.45, 2.75) is 0 Å². The Labute approximate surface area is 152 Å². The number of para-hydroxylation sites is 2. The average molecular weight is 347 g/mol. The maximum atomic E-state index is 6.20. The van der Waals surface area contributed by atoms with Crippen LogP contribution in [0.25, 0.3) is 65.7 Å². The average Bonchev–Trinajstić information content (AvgIpc) is 3.38. The van der Waals surface area contributed by atoms with Gasteiger partial charge in [-0.3, -0.25) is 0 Å². The quantitative estimate of drug-likeness (QED) is 0.317. The van der Waals surface area contributed by atoms with E-state index in [9.17, 15) is 0 Å². The van der Waals surface area contributed by atoms with E-state index in [1.807, 2.05) is 36.4 Å². The van der Waals surface area contributed by atoms with E-state index in [4.69, 9.17) is 8.83 Å². The molecule has 126 valence electrons. The van der Waals surface area contributed by atoms with Crippen LogP contribution >= 0.6 is 0 Å².